The average molecular weight is 490 g/mol. The highest BCUT2D eigenvalue weighted by molar-refractivity contribution is 6.24. The van der Waals surface area contributed by atoms with Crippen molar-refractivity contribution in [3.63, 3.8) is 0 Å². The van der Waals surface area contributed by atoms with Crippen LogP contribution < -0.4 is 5.73 Å². The fourth-order valence-corrected chi connectivity index (χ4v) is 5.96. The van der Waals surface area contributed by atoms with Gasteiger partial charge in [-0.05, 0) is 53.0 Å². The molecule has 0 aromatic heterocycles. The van der Waals surface area contributed by atoms with Crippen LogP contribution in [0.3, 0.4) is 0 Å². The molecule has 1 amide bonds. The molecule has 0 fully saturated rings. The quantitative estimate of drug-likeness (QED) is 0.414. The Kier molecular flexibility index (Phi) is 5.33. The van der Waals surface area contributed by atoms with Crippen molar-refractivity contribution in [2.75, 3.05) is 0 Å². The monoisotopic (exact) mass is 489 g/mol. The second-order valence-corrected chi connectivity index (χ2v) is 10.2. The number of carbonyl (C=O) groups excluding carboxylic acids is 3. The van der Waals surface area contributed by atoms with Crippen LogP contribution in [0.4, 0.5) is 0 Å². The average Bonchev–Trinajstić information content (AvgIpc) is 2.81. The predicted molar refractivity (Wildman–Crippen MR) is 130 cm³/mol. The van der Waals surface area contributed by atoms with E-state index in [2.05, 4.69) is 13.8 Å². The third-order valence-corrected chi connectivity index (χ3v) is 7.81. The lowest BCUT2D eigenvalue weighted by molar-refractivity contribution is -0.144. The van der Waals surface area contributed by atoms with E-state index < -0.39 is 52.0 Å². The normalized spacial score (nSPS) is 25.6. The largest absolute Gasteiger partial charge is 0.511 e. The Morgan fingerprint density at radius 2 is 1.81 bits per heavy atom. The first-order valence-electron chi connectivity index (χ1n) is 11.9. The molecule has 0 radical (unpaired) electrons. The lowest BCUT2D eigenvalue weighted by Gasteiger charge is -2.45. The molecule has 0 bridgehead atoms. The number of aromatic hydroxyl groups is 1. The molecule has 8 nitrogen and oxygen atoms in total. The minimum Gasteiger partial charge on any atom is -0.511 e. The van der Waals surface area contributed by atoms with Crippen molar-refractivity contribution in [3.8, 4) is 16.9 Å². The van der Waals surface area contributed by atoms with Gasteiger partial charge in [0, 0.05) is 17.9 Å². The molecule has 5 rings (SSSR count). The van der Waals surface area contributed by atoms with E-state index >= 15 is 0 Å². The number of phenols is 1. The molecule has 8 heteroatoms. The number of phenolic OH excluding ortho intramolecular Hbond substituents is 1. The number of ketones is 2. The minimum atomic E-state index is -2.56. The predicted octanol–water partition coefficient (Wildman–Crippen LogP) is 3.37. The molecular formula is C28H27NO7. The molecule has 0 heterocycles. The molecule has 2 aromatic carbocycles. The Balaban J connectivity index is 1.67. The smallest absolute Gasteiger partial charge is 0.255 e. The topological polar surface area (TPSA) is 158 Å². The van der Waals surface area contributed by atoms with Crippen LogP contribution in [0.5, 0.6) is 5.75 Å². The molecule has 3 aliphatic rings. The molecular weight excluding hydrogens is 462 g/mol. The van der Waals surface area contributed by atoms with Crippen LogP contribution >= 0.6 is 0 Å². The van der Waals surface area contributed by atoms with Gasteiger partial charge in [-0.2, -0.15) is 0 Å². The maximum atomic E-state index is 13.7. The molecule has 1 unspecified atom stereocenters. The summed E-state index contributed by atoms with van der Waals surface area (Å²) in [7, 11) is 0. The lowest BCUT2D eigenvalue weighted by Crippen LogP contribution is -2.57. The van der Waals surface area contributed by atoms with Crippen LogP contribution in [0.15, 0.2) is 59.1 Å². The first-order chi connectivity index (χ1) is 17.0. The second-order valence-electron chi connectivity index (χ2n) is 10.2. The van der Waals surface area contributed by atoms with Crippen LogP contribution in [-0.4, -0.2) is 43.5 Å². The van der Waals surface area contributed by atoms with E-state index in [-0.39, 0.29) is 42.1 Å². The highest BCUT2D eigenvalue weighted by Crippen LogP contribution is 2.52. The third-order valence-electron chi connectivity index (χ3n) is 7.81. The second kappa shape index (κ2) is 8.06. The number of aliphatic hydroxyl groups is 3. The van der Waals surface area contributed by atoms with Crippen molar-refractivity contribution in [3.05, 3.63) is 75.8 Å². The number of carbonyl (C=O) groups is 3. The van der Waals surface area contributed by atoms with Crippen LogP contribution in [0, 0.1) is 11.8 Å². The molecule has 186 valence electrons. The van der Waals surface area contributed by atoms with Gasteiger partial charge in [-0.3, -0.25) is 14.4 Å². The Hall–Kier alpha value is -3.91. The number of hydrogen-bond donors (Lipinski definition) is 5. The molecule has 3 atom stereocenters. The highest BCUT2D eigenvalue weighted by atomic mass is 16.3. The SMILES string of the molecule is CC(C)c1cccc(-c2ccc(O)c3c2C[C@H]2CC4CC(O)=C(C(N)=O)C(=O)[C@@]4(O)C(O)=C2C3=O)c1. The zero-order chi connectivity index (χ0) is 26.1. The van der Waals surface area contributed by atoms with Crippen molar-refractivity contribution >= 4 is 17.5 Å². The standard InChI is InChI=1S/C28H27NO7/c1-12(2)13-4-3-5-14(8-13)17-6-7-19(30)22-18(17)10-15-9-16-11-20(31)23(27(29)35)26(34)28(16,36)25(33)21(15)24(22)32/h3-8,12,15-16,30-31,33,36H,9-11H2,1-2H3,(H2,29,35)/t15-,16?,28+/m1/s1. The van der Waals surface area contributed by atoms with Crippen molar-refractivity contribution in [1.82, 2.24) is 0 Å². The van der Waals surface area contributed by atoms with E-state index in [0.29, 0.717) is 5.56 Å². The van der Waals surface area contributed by atoms with Gasteiger partial charge in [0.2, 0.25) is 5.78 Å². The minimum absolute atomic E-state index is 0.0130. The number of amides is 1. The van der Waals surface area contributed by atoms with E-state index in [9.17, 15) is 34.8 Å². The molecule has 36 heavy (non-hydrogen) atoms. The van der Waals surface area contributed by atoms with Crippen LogP contribution in [-0.2, 0) is 16.0 Å². The molecule has 3 aliphatic carbocycles. The number of nitrogens with two attached hydrogens (primary N) is 1. The number of rotatable bonds is 3. The van der Waals surface area contributed by atoms with Gasteiger partial charge in [0.05, 0.1) is 5.56 Å². The molecule has 2 aromatic rings. The maximum absolute atomic E-state index is 13.7. The van der Waals surface area contributed by atoms with Crippen molar-refractivity contribution in [2.45, 2.75) is 44.6 Å². The number of hydrogen-bond acceptors (Lipinski definition) is 7. The van der Waals surface area contributed by atoms with E-state index in [1.165, 1.54) is 6.07 Å². The summed E-state index contributed by atoms with van der Waals surface area (Å²) in [5.74, 6) is -6.02. The van der Waals surface area contributed by atoms with Gasteiger partial charge in [-0.25, -0.2) is 0 Å². The summed E-state index contributed by atoms with van der Waals surface area (Å²) in [5, 5.41) is 43.4. The van der Waals surface area contributed by atoms with Gasteiger partial charge in [0.25, 0.3) is 5.91 Å². The first-order valence-corrected chi connectivity index (χ1v) is 11.9. The summed E-state index contributed by atoms with van der Waals surface area (Å²) in [5.41, 5.74) is 5.13. The Bertz CT molecular complexity index is 1420. The van der Waals surface area contributed by atoms with Crippen molar-refractivity contribution < 1.29 is 34.8 Å². The summed E-state index contributed by atoms with van der Waals surface area (Å²) in [6.07, 6.45) is 0.118. The Labute approximate surface area is 207 Å². The zero-order valence-corrected chi connectivity index (χ0v) is 19.9. The van der Waals surface area contributed by atoms with Gasteiger partial charge in [-0.15, -0.1) is 0 Å². The van der Waals surface area contributed by atoms with Gasteiger partial charge in [-0.1, -0.05) is 44.2 Å². The van der Waals surface area contributed by atoms with E-state index in [1.54, 1.807) is 6.07 Å². The number of aliphatic hydroxyl groups excluding tert-OH is 2. The van der Waals surface area contributed by atoms with E-state index in [0.717, 1.165) is 16.7 Å². The zero-order valence-electron chi connectivity index (χ0n) is 19.9. The summed E-state index contributed by atoms with van der Waals surface area (Å²) in [6.45, 7) is 4.16. The third kappa shape index (κ3) is 3.21. The van der Waals surface area contributed by atoms with Gasteiger partial charge in [0.15, 0.2) is 11.4 Å². The first kappa shape index (κ1) is 23.8. The summed E-state index contributed by atoms with van der Waals surface area (Å²) < 4.78 is 0. The number of Topliss-reactive ketones (excluding diaryl/α,β-unsaturated/α-hetero) is 2. The fourth-order valence-electron chi connectivity index (χ4n) is 5.96. The molecule has 6 N–H and O–H groups in total. The Morgan fingerprint density at radius 1 is 1.08 bits per heavy atom. The molecule has 0 aliphatic heterocycles. The molecule has 0 saturated carbocycles. The fraction of sp³-hybridized carbons (Fsp3) is 0.321. The summed E-state index contributed by atoms with van der Waals surface area (Å²) in [4.78, 5) is 38.5. The van der Waals surface area contributed by atoms with E-state index in [4.69, 9.17) is 5.73 Å². The van der Waals surface area contributed by atoms with Crippen LogP contribution in [0.2, 0.25) is 0 Å². The number of primary amides is 1. The lowest BCUT2D eigenvalue weighted by atomic mass is 9.60. The van der Waals surface area contributed by atoms with Crippen molar-refractivity contribution in [2.24, 2.45) is 17.6 Å². The Morgan fingerprint density at radius 3 is 2.47 bits per heavy atom. The van der Waals surface area contributed by atoms with E-state index in [1.807, 2.05) is 24.3 Å². The van der Waals surface area contributed by atoms with Crippen molar-refractivity contribution in [1.29, 1.82) is 0 Å². The van der Waals surface area contributed by atoms with Gasteiger partial charge < -0.3 is 26.2 Å². The maximum Gasteiger partial charge on any atom is 0.255 e. The van der Waals surface area contributed by atoms with Gasteiger partial charge in [0.1, 0.15) is 22.8 Å². The van der Waals surface area contributed by atoms with Crippen LogP contribution in [0.25, 0.3) is 11.1 Å². The molecule has 0 saturated heterocycles. The summed E-state index contributed by atoms with van der Waals surface area (Å²) in [6, 6.07) is 11.1. The highest BCUT2D eigenvalue weighted by Gasteiger charge is 2.59. The summed E-state index contributed by atoms with van der Waals surface area (Å²) >= 11 is 0. The number of fused-ring (bicyclic) bond motifs is 3. The number of allylic oxidation sites excluding steroid dienone is 2. The van der Waals surface area contributed by atoms with Crippen LogP contribution in [0.1, 0.15) is 54.1 Å². The molecule has 0 spiro atoms. The number of benzene rings is 2. The van der Waals surface area contributed by atoms with Gasteiger partial charge >= 0.3 is 0 Å².